The average molecular weight is 268 g/mol. The van der Waals surface area contributed by atoms with Crippen LogP contribution in [0.3, 0.4) is 0 Å². The molecule has 0 aromatic heterocycles. The molecule has 0 N–H and O–H groups in total. The normalized spacial score (nSPS) is 20.3. The number of hydrogen-bond acceptors (Lipinski definition) is 2. The molecule has 2 amide bonds. The van der Waals surface area contributed by atoms with Gasteiger partial charge in [0.25, 0.3) is 0 Å². The van der Waals surface area contributed by atoms with E-state index in [0.29, 0.717) is 6.04 Å². The Morgan fingerprint density at radius 2 is 1.89 bits per heavy atom. The summed E-state index contributed by atoms with van der Waals surface area (Å²) in [5, 5.41) is 0. The van der Waals surface area contributed by atoms with E-state index in [2.05, 4.69) is 6.92 Å². The second-order valence-corrected chi connectivity index (χ2v) is 6.42. The molecule has 4 heteroatoms. The Hall–Kier alpha value is -1.06. The van der Waals surface area contributed by atoms with Crippen molar-refractivity contribution in [1.29, 1.82) is 0 Å². The molecule has 1 fully saturated rings. The number of piperidine rings is 1. The Morgan fingerprint density at radius 3 is 2.37 bits per heavy atom. The first kappa shape index (κ1) is 16.0. The van der Waals surface area contributed by atoms with Crippen LogP contribution in [0.5, 0.6) is 0 Å². The van der Waals surface area contributed by atoms with Gasteiger partial charge in [-0.2, -0.15) is 0 Å². The average Bonchev–Trinajstić information content (AvgIpc) is 2.33. The fraction of sp³-hybridized carbons (Fsp3) is 0.867. The quantitative estimate of drug-likeness (QED) is 0.788. The zero-order valence-electron chi connectivity index (χ0n) is 13.0. The third-order valence-corrected chi connectivity index (χ3v) is 3.90. The lowest BCUT2D eigenvalue weighted by atomic mass is 9.99. The fourth-order valence-electron chi connectivity index (χ4n) is 2.80. The van der Waals surface area contributed by atoms with Gasteiger partial charge in [0.15, 0.2) is 0 Å². The minimum absolute atomic E-state index is 0.0362. The van der Waals surface area contributed by atoms with Gasteiger partial charge in [0, 0.05) is 25.0 Å². The standard InChI is InChI=1S/C15H28N2O2/c1-6-13-9-7-8-10-16(13)14(19)11-17(12(2)18)15(3,4)5/h13H,6-11H2,1-5H3. The van der Waals surface area contributed by atoms with E-state index in [4.69, 9.17) is 0 Å². The third kappa shape index (κ3) is 4.22. The van der Waals surface area contributed by atoms with Gasteiger partial charge in [-0.3, -0.25) is 9.59 Å². The summed E-state index contributed by atoms with van der Waals surface area (Å²) in [6.45, 7) is 10.6. The van der Waals surface area contributed by atoms with E-state index in [-0.39, 0.29) is 23.9 Å². The van der Waals surface area contributed by atoms with Crippen LogP contribution in [0, 0.1) is 0 Å². The molecule has 1 aliphatic rings. The van der Waals surface area contributed by atoms with Gasteiger partial charge >= 0.3 is 0 Å². The largest absolute Gasteiger partial charge is 0.338 e. The SMILES string of the molecule is CCC1CCCCN1C(=O)CN(C(C)=O)C(C)(C)C. The zero-order valence-corrected chi connectivity index (χ0v) is 13.0. The van der Waals surface area contributed by atoms with E-state index in [1.54, 1.807) is 4.90 Å². The predicted molar refractivity (Wildman–Crippen MR) is 76.8 cm³/mol. The van der Waals surface area contributed by atoms with Crippen LogP contribution in [0.25, 0.3) is 0 Å². The number of likely N-dealkylation sites (tertiary alicyclic amines) is 1. The van der Waals surface area contributed by atoms with Crippen molar-refractivity contribution in [3.63, 3.8) is 0 Å². The van der Waals surface area contributed by atoms with Gasteiger partial charge in [-0.25, -0.2) is 0 Å². The van der Waals surface area contributed by atoms with E-state index < -0.39 is 0 Å². The highest BCUT2D eigenvalue weighted by molar-refractivity contribution is 5.84. The molecule has 1 atom stereocenters. The summed E-state index contributed by atoms with van der Waals surface area (Å²) in [5.41, 5.74) is -0.307. The van der Waals surface area contributed by atoms with Crippen LogP contribution in [0.15, 0.2) is 0 Å². The Balaban J connectivity index is 2.73. The van der Waals surface area contributed by atoms with E-state index in [0.717, 1.165) is 25.8 Å². The first-order valence-corrected chi connectivity index (χ1v) is 7.35. The smallest absolute Gasteiger partial charge is 0.242 e. The summed E-state index contributed by atoms with van der Waals surface area (Å²) in [4.78, 5) is 27.8. The van der Waals surface area contributed by atoms with Crippen LogP contribution >= 0.6 is 0 Å². The summed E-state index contributed by atoms with van der Waals surface area (Å²) in [6, 6.07) is 0.357. The second kappa shape index (κ2) is 6.40. The van der Waals surface area contributed by atoms with Gasteiger partial charge in [-0.1, -0.05) is 6.92 Å². The minimum Gasteiger partial charge on any atom is -0.338 e. The lowest BCUT2D eigenvalue weighted by Gasteiger charge is -2.39. The fourth-order valence-corrected chi connectivity index (χ4v) is 2.80. The van der Waals surface area contributed by atoms with Gasteiger partial charge in [0.1, 0.15) is 6.54 Å². The van der Waals surface area contributed by atoms with Crippen molar-refractivity contribution in [1.82, 2.24) is 9.80 Å². The third-order valence-electron chi connectivity index (χ3n) is 3.90. The highest BCUT2D eigenvalue weighted by atomic mass is 16.2. The minimum atomic E-state index is -0.307. The van der Waals surface area contributed by atoms with Crippen molar-refractivity contribution < 1.29 is 9.59 Å². The molecule has 0 aliphatic carbocycles. The number of nitrogens with zero attached hydrogens (tertiary/aromatic N) is 2. The molecule has 1 unspecified atom stereocenters. The number of hydrogen-bond donors (Lipinski definition) is 0. The molecule has 1 aliphatic heterocycles. The number of amides is 2. The monoisotopic (exact) mass is 268 g/mol. The van der Waals surface area contributed by atoms with E-state index in [1.807, 2.05) is 25.7 Å². The van der Waals surface area contributed by atoms with Crippen molar-refractivity contribution in [3.05, 3.63) is 0 Å². The van der Waals surface area contributed by atoms with Crippen molar-refractivity contribution >= 4 is 11.8 Å². The first-order valence-electron chi connectivity index (χ1n) is 7.35. The summed E-state index contributed by atoms with van der Waals surface area (Å²) in [7, 11) is 0. The highest BCUT2D eigenvalue weighted by Crippen LogP contribution is 2.21. The second-order valence-electron chi connectivity index (χ2n) is 6.42. The van der Waals surface area contributed by atoms with Gasteiger partial charge in [0.05, 0.1) is 0 Å². The topological polar surface area (TPSA) is 40.6 Å². The Kier molecular flexibility index (Phi) is 5.39. The van der Waals surface area contributed by atoms with E-state index >= 15 is 0 Å². The van der Waals surface area contributed by atoms with E-state index in [1.165, 1.54) is 13.3 Å². The molecule has 110 valence electrons. The van der Waals surface area contributed by atoms with Crippen molar-refractivity contribution in [2.24, 2.45) is 0 Å². The molecule has 0 saturated carbocycles. The predicted octanol–water partition coefficient (Wildman–Crippen LogP) is 2.42. The molecule has 0 bridgehead atoms. The van der Waals surface area contributed by atoms with Crippen LogP contribution in [0.4, 0.5) is 0 Å². The summed E-state index contributed by atoms with van der Waals surface area (Å²) >= 11 is 0. The zero-order chi connectivity index (χ0) is 14.6. The number of carbonyl (C=O) groups excluding carboxylic acids is 2. The Bertz CT molecular complexity index is 334. The first-order chi connectivity index (χ1) is 8.77. The molecule has 1 saturated heterocycles. The highest BCUT2D eigenvalue weighted by Gasteiger charge is 2.31. The van der Waals surface area contributed by atoms with Crippen LogP contribution in [-0.4, -0.2) is 46.3 Å². The molecule has 0 spiro atoms. The molecule has 1 rings (SSSR count). The molecular weight excluding hydrogens is 240 g/mol. The molecular formula is C15H28N2O2. The van der Waals surface area contributed by atoms with Gasteiger partial charge in [-0.15, -0.1) is 0 Å². The maximum absolute atomic E-state index is 12.5. The molecule has 0 aromatic carbocycles. The summed E-state index contributed by atoms with van der Waals surface area (Å²) < 4.78 is 0. The lowest BCUT2D eigenvalue weighted by molar-refractivity contribution is -0.145. The Morgan fingerprint density at radius 1 is 1.26 bits per heavy atom. The summed E-state index contributed by atoms with van der Waals surface area (Å²) in [6.07, 6.45) is 4.38. The van der Waals surface area contributed by atoms with Crippen molar-refractivity contribution in [3.8, 4) is 0 Å². The van der Waals surface area contributed by atoms with Gasteiger partial charge in [-0.05, 0) is 46.5 Å². The number of rotatable bonds is 3. The maximum Gasteiger partial charge on any atom is 0.242 e. The molecule has 19 heavy (non-hydrogen) atoms. The van der Waals surface area contributed by atoms with Crippen LogP contribution in [-0.2, 0) is 9.59 Å². The van der Waals surface area contributed by atoms with Crippen LogP contribution < -0.4 is 0 Å². The Labute approximate surface area is 117 Å². The van der Waals surface area contributed by atoms with Crippen molar-refractivity contribution in [2.75, 3.05) is 13.1 Å². The van der Waals surface area contributed by atoms with Crippen LogP contribution in [0.2, 0.25) is 0 Å². The molecule has 0 aromatic rings. The summed E-state index contributed by atoms with van der Waals surface area (Å²) in [5.74, 6) is 0.0579. The number of carbonyl (C=O) groups is 2. The maximum atomic E-state index is 12.5. The van der Waals surface area contributed by atoms with E-state index in [9.17, 15) is 9.59 Å². The van der Waals surface area contributed by atoms with Crippen LogP contribution in [0.1, 0.15) is 60.3 Å². The van der Waals surface area contributed by atoms with Gasteiger partial charge in [0.2, 0.25) is 11.8 Å². The molecule has 0 radical (unpaired) electrons. The van der Waals surface area contributed by atoms with Gasteiger partial charge < -0.3 is 9.80 Å². The lowest BCUT2D eigenvalue weighted by Crippen LogP contribution is -2.53. The molecule has 4 nitrogen and oxygen atoms in total. The molecule has 1 heterocycles. The van der Waals surface area contributed by atoms with Crippen molar-refractivity contribution in [2.45, 2.75) is 71.9 Å².